The van der Waals surface area contributed by atoms with E-state index in [1.165, 1.54) is 0 Å². The van der Waals surface area contributed by atoms with Gasteiger partial charge in [0, 0.05) is 13.2 Å². The Kier molecular flexibility index (Phi) is 4.27. The molecule has 0 aliphatic rings. The highest BCUT2D eigenvalue weighted by molar-refractivity contribution is 5.75. The predicted molar refractivity (Wildman–Crippen MR) is 69.0 cm³/mol. The lowest BCUT2D eigenvalue weighted by Gasteiger charge is -2.05. The summed E-state index contributed by atoms with van der Waals surface area (Å²) in [6.45, 7) is 1.14. The highest BCUT2D eigenvalue weighted by Gasteiger charge is 1.97. The monoisotopic (exact) mass is 231 g/mol. The van der Waals surface area contributed by atoms with Crippen molar-refractivity contribution in [3.63, 3.8) is 0 Å². The van der Waals surface area contributed by atoms with E-state index < -0.39 is 0 Å². The van der Waals surface area contributed by atoms with Crippen LogP contribution in [-0.4, -0.2) is 28.2 Å². The Labute approximate surface area is 101 Å². The second-order valence-electron chi connectivity index (χ2n) is 3.96. The summed E-state index contributed by atoms with van der Waals surface area (Å²) >= 11 is 0. The Hall–Kier alpha value is -1.68. The number of anilines is 1. The first kappa shape index (κ1) is 11.8. The quantitative estimate of drug-likeness (QED) is 0.748. The Balaban J connectivity index is 1.90. The first-order valence-corrected chi connectivity index (χ1v) is 5.96. The molecule has 2 aromatic rings. The zero-order valence-electron chi connectivity index (χ0n) is 9.76. The van der Waals surface area contributed by atoms with Gasteiger partial charge in [0.25, 0.3) is 0 Å². The van der Waals surface area contributed by atoms with E-state index in [0.717, 1.165) is 42.7 Å². The van der Waals surface area contributed by atoms with Crippen LogP contribution in [0.3, 0.4) is 0 Å². The summed E-state index contributed by atoms with van der Waals surface area (Å²) in [5.74, 6) is 0.813. The van der Waals surface area contributed by atoms with E-state index in [1.54, 1.807) is 6.20 Å². The molecule has 17 heavy (non-hydrogen) atoms. The van der Waals surface area contributed by atoms with Crippen molar-refractivity contribution in [2.45, 2.75) is 19.3 Å². The Bertz CT molecular complexity index is 473. The van der Waals surface area contributed by atoms with Gasteiger partial charge in [0.1, 0.15) is 5.82 Å². The fourth-order valence-corrected chi connectivity index (χ4v) is 1.67. The molecule has 0 aliphatic heterocycles. The van der Waals surface area contributed by atoms with Crippen LogP contribution in [0.1, 0.15) is 19.3 Å². The van der Waals surface area contributed by atoms with Crippen molar-refractivity contribution in [2.75, 3.05) is 18.5 Å². The first-order chi connectivity index (χ1) is 8.40. The number of rotatable bonds is 6. The van der Waals surface area contributed by atoms with Crippen LogP contribution in [0.2, 0.25) is 0 Å². The molecule has 0 saturated carbocycles. The van der Waals surface area contributed by atoms with E-state index in [9.17, 15) is 0 Å². The molecule has 1 aromatic heterocycles. The zero-order chi connectivity index (χ0) is 11.9. The van der Waals surface area contributed by atoms with Gasteiger partial charge in [0.2, 0.25) is 0 Å². The fourth-order valence-electron chi connectivity index (χ4n) is 1.67. The maximum absolute atomic E-state index is 8.66. The summed E-state index contributed by atoms with van der Waals surface area (Å²) in [5, 5.41) is 11.9. The third kappa shape index (κ3) is 3.39. The number of unbranched alkanes of at least 4 members (excludes halogenated alkanes) is 2. The van der Waals surface area contributed by atoms with Gasteiger partial charge in [0.05, 0.1) is 17.2 Å². The maximum Gasteiger partial charge on any atom is 0.145 e. The smallest absolute Gasteiger partial charge is 0.145 e. The number of nitrogens with one attached hydrogen (secondary N) is 1. The SMILES string of the molecule is OCCCCCNc1cnc2ccccc2n1. The molecule has 0 fully saturated rings. The lowest BCUT2D eigenvalue weighted by atomic mass is 10.2. The normalized spacial score (nSPS) is 10.6. The molecule has 4 nitrogen and oxygen atoms in total. The standard InChI is InChI=1S/C13H17N3O/c17-9-5-1-4-8-14-13-10-15-11-6-2-3-7-12(11)16-13/h2-3,6-7,10,17H,1,4-5,8-9H2,(H,14,16). The number of fused-ring (bicyclic) bond motifs is 1. The maximum atomic E-state index is 8.66. The van der Waals surface area contributed by atoms with Gasteiger partial charge in [0.15, 0.2) is 0 Å². The van der Waals surface area contributed by atoms with Crippen LogP contribution in [0.5, 0.6) is 0 Å². The molecule has 4 heteroatoms. The molecular weight excluding hydrogens is 214 g/mol. The van der Waals surface area contributed by atoms with Gasteiger partial charge >= 0.3 is 0 Å². The van der Waals surface area contributed by atoms with Crippen molar-refractivity contribution in [3.05, 3.63) is 30.5 Å². The van der Waals surface area contributed by atoms with E-state index in [0.29, 0.717) is 0 Å². The van der Waals surface area contributed by atoms with Gasteiger partial charge in [-0.15, -0.1) is 0 Å². The highest BCUT2D eigenvalue weighted by atomic mass is 16.2. The zero-order valence-corrected chi connectivity index (χ0v) is 9.76. The van der Waals surface area contributed by atoms with Gasteiger partial charge < -0.3 is 10.4 Å². The fraction of sp³-hybridized carbons (Fsp3) is 0.385. The molecule has 0 bridgehead atoms. The average molecular weight is 231 g/mol. The van der Waals surface area contributed by atoms with Crippen LogP contribution < -0.4 is 5.32 Å². The van der Waals surface area contributed by atoms with Crippen LogP contribution in [0.4, 0.5) is 5.82 Å². The number of aromatic nitrogens is 2. The molecule has 0 spiro atoms. The van der Waals surface area contributed by atoms with Gasteiger partial charge in [-0.3, -0.25) is 4.98 Å². The number of hydrogen-bond acceptors (Lipinski definition) is 4. The Morgan fingerprint density at radius 1 is 1.06 bits per heavy atom. The largest absolute Gasteiger partial charge is 0.396 e. The molecule has 1 aromatic carbocycles. The van der Waals surface area contributed by atoms with Gasteiger partial charge in [-0.25, -0.2) is 4.98 Å². The molecule has 0 aliphatic carbocycles. The van der Waals surface area contributed by atoms with Gasteiger partial charge in [-0.05, 0) is 31.4 Å². The molecule has 0 saturated heterocycles. The summed E-state index contributed by atoms with van der Waals surface area (Å²) in [7, 11) is 0. The van der Waals surface area contributed by atoms with Gasteiger partial charge in [-0.1, -0.05) is 12.1 Å². The topological polar surface area (TPSA) is 58.0 Å². The predicted octanol–water partition coefficient (Wildman–Crippen LogP) is 2.20. The van der Waals surface area contributed by atoms with Crippen molar-refractivity contribution in [1.29, 1.82) is 0 Å². The van der Waals surface area contributed by atoms with Crippen LogP contribution in [0.15, 0.2) is 30.5 Å². The minimum absolute atomic E-state index is 0.274. The highest BCUT2D eigenvalue weighted by Crippen LogP contribution is 2.11. The minimum atomic E-state index is 0.274. The van der Waals surface area contributed by atoms with Gasteiger partial charge in [-0.2, -0.15) is 0 Å². The third-order valence-electron chi connectivity index (χ3n) is 2.59. The lowest BCUT2D eigenvalue weighted by Crippen LogP contribution is -2.04. The molecule has 2 N–H and O–H groups in total. The van der Waals surface area contributed by atoms with E-state index in [-0.39, 0.29) is 6.61 Å². The van der Waals surface area contributed by atoms with E-state index in [2.05, 4.69) is 15.3 Å². The molecule has 90 valence electrons. The summed E-state index contributed by atoms with van der Waals surface area (Å²) in [4.78, 5) is 8.80. The second kappa shape index (κ2) is 6.15. The van der Waals surface area contributed by atoms with Crippen molar-refractivity contribution in [1.82, 2.24) is 9.97 Å². The van der Waals surface area contributed by atoms with Crippen LogP contribution >= 0.6 is 0 Å². The van der Waals surface area contributed by atoms with Crippen molar-refractivity contribution >= 4 is 16.9 Å². The molecule has 0 unspecified atom stereocenters. The van der Waals surface area contributed by atoms with Crippen LogP contribution in [-0.2, 0) is 0 Å². The Morgan fingerprint density at radius 3 is 2.71 bits per heavy atom. The number of benzene rings is 1. The average Bonchev–Trinajstić information content (AvgIpc) is 2.38. The first-order valence-electron chi connectivity index (χ1n) is 5.96. The minimum Gasteiger partial charge on any atom is -0.396 e. The molecular formula is C13H17N3O. The Morgan fingerprint density at radius 2 is 1.88 bits per heavy atom. The lowest BCUT2D eigenvalue weighted by molar-refractivity contribution is 0.283. The van der Waals surface area contributed by atoms with Crippen LogP contribution in [0, 0.1) is 0 Å². The number of aliphatic hydroxyl groups excluding tert-OH is 1. The molecule has 2 rings (SSSR count). The summed E-state index contributed by atoms with van der Waals surface area (Å²) < 4.78 is 0. The number of nitrogens with zero attached hydrogens (tertiary/aromatic N) is 2. The number of hydrogen-bond donors (Lipinski definition) is 2. The van der Waals surface area contributed by atoms with Crippen molar-refractivity contribution in [2.24, 2.45) is 0 Å². The molecule has 0 radical (unpaired) electrons. The third-order valence-corrected chi connectivity index (χ3v) is 2.59. The van der Waals surface area contributed by atoms with E-state index in [4.69, 9.17) is 5.11 Å². The number of aliphatic hydroxyl groups is 1. The molecule has 0 atom stereocenters. The second-order valence-corrected chi connectivity index (χ2v) is 3.96. The summed E-state index contributed by atoms with van der Waals surface area (Å²) in [5.41, 5.74) is 1.83. The van der Waals surface area contributed by atoms with Crippen LogP contribution in [0.25, 0.3) is 11.0 Å². The molecule has 1 heterocycles. The van der Waals surface area contributed by atoms with Crippen molar-refractivity contribution < 1.29 is 5.11 Å². The van der Waals surface area contributed by atoms with E-state index >= 15 is 0 Å². The van der Waals surface area contributed by atoms with E-state index in [1.807, 2.05) is 24.3 Å². The van der Waals surface area contributed by atoms with Crippen molar-refractivity contribution in [3.8, 4) is 0 Å². The molecule has 0 amide bonds. The number of para-hydroxylation sites is 2. The summed E-state index contributed by atoms with van der Waals surface area (Å²) in [6, 6.07) is 7.83. The summed E-state index contributed by atoms with van der Waals surface area (Å²) in [6.07, 6.45) is 4.69.